The maximum absolute atomic E-state index is 12.7. The molecule has 8 N–H and O–H groups in total. The van der Waals surface area contributed by atoms with E-state index in [1.165, 1.54) is 24.3 Å². The SMILES string of the molecule is N=C(N)c1ccc(C(=O)NC(=O)[C@H](CCC(=O)O)NC(=O)[C@@H](CO)NS(=O)(=O)Cc2ccccc2)cc1. The number of amidine groups is 1. The molecule has 2 rings (SSSR count). The number of nitrogens with one attached hydrogen (secondary N) is 4. The third-order valence-electron chi connectivity index (χ3n) is 5.00. The van der Waals surface area contributed by atoms with Gasteiger partial charge in [-0.1, -0.05) is 42.5 Å². The van der Waals surface area contributed by atoms with Crippen LogP contribution in [0.1, 0.15) is 34.3 Å². The van der Waals surface area contributed by atoms with Crippen LogP contribution in [0.3, 0.4) is 0 Å². The van der Waals surface area contributed by atoms with E-state index in [4.69, 9.17) is 16.2 Å². The van der Waals surface area contributed by atoms with E-state index in [-0.39, 0.29) is 11.4 Å². The van der Waals surface area contributed by atoms with Gasteiger partial charge >= 0.3 is 5.97 Å². The second-order valence-corrected chi connectivity index (χ2v) is 9.65. The number of carbonyl (C=O) groups is 4. The lowest BCUT2D eigenvalue weighted by molar-refractivity contribution is -0.138. The molecule has 0 heterocycles. The smallest absolute Gasteiger partial charge is 0.303 e. The summed E-state index contributed by atoms with van der Waals surface area (Å²) in [5, 5.41) is 30.2. The molecule has 0 radical (unpaired) electrons. The summed E-state index contributed by atoms with van der Waals surface area (Å²) in [5.41, 5.74) is 6.17. The number of carbonyl (C=O) groups excluding carboxylic acids is 3. The molecule has 198 valence electrons. The van der Waals surface area contributed by atoms with Gasteiger partial charge in [0, 0.05) is 17.5 Å². The Bertz CT molecular complexity index is 1250. The zero-order chi connectivity index (χ0) is 27.6. The molecule has 0 fully saturated rings. The van der Waals surface area contributed by atoms with Crippen molar-refractivity contribution in [2.45, 2.75) is 30.7 Å². The molecule has 37 heavy (non-hydrogen) atoms. The molecule has 2 aromatic rings. The zero-order valence-corrected chi connectivity index (χ0v) is 20.3. The molecule has 3 amide bonds. The Kier molecular flexibility index (Phi) is 10.4. The van der Waals surface area contributed by atoms with Crippen LogP contribution in [0.4, 0.5) is 0 Å². The van der Waals surface area contributed by atoms with Crippen LogP contribution in [0.15, 0.2) is 54.6 Å². The number of benzene rings is 2. The van der Waals surface area contributed by atoms with Gasteiger partial charge in [-0.25, -0.2) is 13.1 Å². The number of rotatable bonds is 13. The second-order valence-electron chi connectivity index (χ2n) is 7.90. The fourth-order valence-electron chi connectivity index (χ4n) is 3.11. The van der Waals surface area contributed by atoms with Crippen molar-refractivity contribution in [1.82, 2.24) is 15.4 Å². The van der Waals surface area contributed by atoms with E-state index in [2.05, 4.69) is 5.32 Å². The number of sulfonamides is 1. The molecule has 0 aliphatic heterocycles. The van der Waals surface area contributed by atoms with Crippen molar-refractivity contribution in [1.29, 1.82) is 5.41 Å². The van der Waals surface area contributed by atoms with Gasteiger partial charge in [-0.3, -0.25) is 29.9 Å². The summed E-state index contributed by atoms with van der Waals surface area (Å²) >= 11 is 0. The molecule has 0 saturated carbocycles. The van der Waals surface area contributed by atoms with Gasteiger partial charge in [-0.15, -0.1) is 0 Å². The molecule has 0 saturated heterocycles. The lowest BCUT2D eigenvalue weighted by atomic mass is 10.1. The first-order valence-electron chi connectivity index (χ1n) is 10.9. The van der Waals surface area contributed by atoms with Gasteiger partial charge in [-0.2, -0.15) is 0 Å². The number of imide groups is 1. The molecular formula is C23H27N5O8S. The average Bonchev–Trinajstić information content (AvgIpc) is 2.85. The van der Waals surface area contributed by atoms with Crippen molar-refractivity contribution >= 4 is 39.5 Å². The van der Waals surface area contributed by atoms with E-state index < -0.39 is 71.0 Å². The Balaban J connectivity index is 2.10. The number of aliphatic hydroxyl groups excluding tert-OH is 1. The number of amides is 3. The van der Waals surface area contributed by atoms with Crippen molar-refractivity contribution in [3.05, 3.63) is 71.3 Å². The van der Waals surface area contributed by atoms with Crippen LogP contribution in [0.5, 0.6) is 0 Å². The Labute approximate surface area is 212 Å². The second kappa shape index (κ2) is 13.2. The maximum atomic E-state index is 12.7. The van der Waals surface area contributed by atoms with Crippen molar-refractivity contribution in [3.63, 3.8) is 0 Å². The van der Waals surface area contributed by atoms with E-state index in [1.54, 1.807) is 30.3 Å². The summed E-state index contributed by atoms with van der Waals surface area (Å²) in [4.78, 5) is 48.8. The van der Waals surface area contributed by atoms with Gasteiger partial charge in [0.2, 0.25) is 21.8 Å². The van der Waals surface area contributed by atoms with Gasteiger partial charge in [-0.05, 0) is 24.1 Å². The minimum atomic E-state index is -4.08. The van der Waals surface area contributed by atoms with Gasteiger partial charge < -0.3 is 21.3 Å². The monoisotopic (exact) mass is 533 g/mol. The Morgan fingerprint density at radius 3 is 2.05 bits per heavy atom. The molecule has 13 nitrogen and oxygen atoms in total. The fourth-order valence-corrected chi connectivity index (χ4v) is 4.44. The lowest BCUT2D eigenvalue weighted by Gasteiger charge is -2.21. The molecule has 0 spiro atoms. The van der Waals surface area contributed by atoms with Crippen molar-refractivity contribution in [3.8, 4) is 0 Å². The fraction of sp³-hybridized carbons (Fsp3) is 0.261. The molecular weight excluding hydrogens is 506 g/mol. The molecule has 14 heteroatoms. The summed E-state index contributed by atoms with van der Waals surface area (Å²) in [6.07, 6.45) is -0.970. The Morgan fingerprint density at radius 2 is 1.51 bits per heavy atom. The summed E-state index contributed by atoms with van der Waals surface area (Å²) in [5.74, 6) is -4.98. The minimum absolute atomic E-state index is 0.0311. The molecule has 2 aromatic carbocycles. The summed E-state index contributed by atoms with van der Waals surface area (Å²) in [6.45, 7) is -0.950. The molecule has 0 aliphatic carbocycles. The number of aliphatic carboxylic acids is 1. The zero-order valence-electron chi connectivity index (χ0n) is 19.5. The molecule has 2 atom stereocenters. The highest BCUT2D eigenvalue weighted by Gasteiger charge is 2.29. The largest absolute Gasteiger partial charge is 0.481 e. The quantitative estimate of drug-likeness (QED) is 0.124. The maximum Gasteiger partial charge on any atom is 0.303 e. The number of hydrogen-bond acceptors (Lipinski definition) is 8. The van der Waals surface area contributed by atoms with Gasteiger partial charge in [0.05, 0.1) is 12.4 Å². The van der Waals surface area contributed by atoms with Crippen LogP contribution < -0.4 is 21.1 Å². The van der Waals surface area contributed by atoms with Crippen LogP contribution in [0, 0.1) is 5.41 Å². The van der Waals surface area contributed by atoms with E-state index in [0.717, 1.165) is 0 Å². The first-order chi connectivity index (χ1) is 17.4. The van der Waals surface area contributed by atoms with Crippen molar-refractivity contribution in [2.75, 3.05) is 6.61 Å². The van der Waals surface area contributed by atoms with Crippen LogP contribution in [0.25, 0.3) is 0 Å². The molecule has 0 aliphatic rings. The topological polar surface area (TPSA) is 229 Å². The Hall–Kier alpha value is -4.14. The number of carboxylic acid groups (broad SMARTS) is 1. The average molecular weight is 534 g/mol. The highest BCUT2D eigenvalue weighted by atomic mass is 32.2. The third kappa shape index (κ3) is 9.44. The third-order valence-corrected chi connectivity index (χ3v) is 6.35. The molecule has 0 bridgehead atoms. The van der Waals surface area contributed by atoms with Crippen LogP contribution >= 0.6 is 0 Å². The van der Waals surface area contributed by atoms with Crippen LogP contribution in [-0.4, -0.2) is 66.8 Å². The Morgan fingerprint density at radius 1 is 0.919 bits per heavy atom. The number of aliphatic hydroxyl groups is 1. The van der Waals surface area contributed by atoms with Crippen molar-refractivity contribution in [2.24, 2.45) is 5.73 Å². The number of nitrogen functional groups attached to an aromatic ring is 1. The van der Waals surface area contributed by atoms with Gasteiger partial charge in [0.25, 0.3) is 5.91 Å². The predicted molar refractivity (Wildman–Crippen MR) is 132 cm³/mol. The normalized spacial score (nSPS) is 12.7. The van der Waals surface area contributed by atoms with Crippen LogP contribution in [0.2, 0.25) is 0 Å². The van der Waals surface area contributed by atoms with Crippen molar-refractivity contribution < 1.29 is 37.8 Å². The number of hydrogen-bond donors (Lipinski definition) is 7. The minimum Gasteiger partial charge on any atom is -0.481 e. The first kappa shape index (κ1) is 29.1. The van der Waals surface area contributed by atoms with E-state index >= 15 is 0 Å². The number of nitrogens with two attached hydrogens (primary N) is 1. The highest BCUT2D eigenvalue weighted by Crippen LogP contribution is 2.07. The van der Waals surface area contributed by atoms with E-state index in [1.807, 2.05) is 10.0 Å². The summed E-state index contributed by atoms with van der Waals surface area (Å²) in [6, 6.07) is 10.3. The van der Waals surface area contributed by atoms with Crippen LogP contribution in [-0.2, 0) is 30.2 Å². The molecule has 0 aromatic heterocycles. The van der Waals surface area contributed by atoms with E-state index in [0.29, 0.717) is 11.1 Å². The van der Waals surface area contributed by atoms with Gasteiger partial charge in [0.1, 0.15) is 17.9 Å². The van der Waals surface area contributed by atoms with E-state index in [9.17, 15) is 32.7 Å². The lowest BCUT2D eigenvalue weighted by Crippen LogP contribution is -2.55. The predicted octanol–water partition coefficient (Wildman–Crippen LogP) is -0.943. The summed E-state index contributed by atoms with van der Waals surface area (Å²) in [7, 11) is -4.08. The number of carboxylic acids is 1. The van der Waals surface area contributed by atoms with Gasteiger partial charge in [0.15, 0.2) is 0 Å². The first-order valence-corrected chi connectivity index (χ1v) is 12.5. The molecule has 0 unspecified atom stereocenters. The summed E-state index contributed by atoms with van der Waals surface area (Å²) < 4.78 is 27.0. The standard InChI is InChI=1S/C23H27N5O8S/c24-20(25)15-6-8-16(9-7-15)21(32)27-22(33)17(10-11-19(30)31)26-23(34)18(12-29)28-37(35,36)13-14-4-2-1-3-5-14/h1-9,17-18,28-29H,10-13H2,(H3,24,25)(H,26,34)(H,30,31)(H,27,32,33)/t17-,18+/m0/s1. The highest BCUT2D eigenvalue weighted by molar-refractivity contribution is 7.88.